The molecule has 200 valence electrons. The van der Waals surface area contributed by atoms with Crippen LogP contribution in [0.15, 0.2) is 24.3 Å². The zero-order valence-electron chi connectivity index (χ0n) is 20.1. The van der Waals surface area contributed by atoms with E-state index in [1.807, 2.05) is 13.8 Å². The first kappa shape index (κ1) is 30.7. The largest absolute Gasteiger partial charge is 0.508 e. The Balaban J connectivity index is 2.84. The van der Waals surface area contributed by atoms with Crippen LogP contribution in [-0.2, 0) is 30.4 Å². The Bertz CT molecular complexity index is 925. The first-order chi connectivity index (χ1) is 16.8. The quantitative estimate of drug-likeness (QED) is 0.140. The number of carbonyl (C=O) groups is 5. The van der Waals surface area contributed by atoms with E-state index in [2.05, 4.69) is 28.6 Å². The van der Waals surface area contributed by atoms with Gasteiger partial charge in [-0.3, -0.25) is 19.2 Å². The molecule has 0 heterocycles. The van der Waals surface area contributed by atoms with Crippen molar-refractivity contribution in [2.24, 2.45) is 11.7 Å². The van der Waals surface area contributed by atoms with Crippen LogP contribution in [-0.4, -0.2) is 74.9 Å². The van der Waals surface area contributed by atoms with Crippen molar-refractivity contribution in [1.82, 2.24) is 16.0 Å². The van der Waals surface area contributed by atoms with Gasteiger partial charge in [-0.15, -0.1) is 0 Å². The normalized spacial score (nSPS) is 14.2. The van der Waals surface area contributed by atoms with Gasteiger partial charge in [-0.05, 0) is 42.9 Å². The minimum atomic E-state index is -1.46. The third kappa shape index (κ3) is 11.0. The molecule has 0 aliphatic rings. The van der Waals surface area contributed by atoms with Gasteiger partial charge in [-0.1, -0.05) is 26.0 Å². The molecule has 13 heteroatoms. The minimum absolute atomic E-state index is 0.00920. The molecule has 0 aliphatic heterocycles. The second-order valence-electron chi connectivity index (χ2n) is 8.74. The molecule has 0 bridgehead atoms. The number of benzene rings is 1. The second-order valence-corrected chi connectivity index (χ2v) is 9.11. The van der Waals surface area contributed by atoms with Crippen LogP contribution < -0.4 is 21.7 Å². The molecule has 4 unspecified atom stereocenters. The predicted octanol–water partition coefficient (Wildman–Crippen LogP) is -0.358. The zero-order chi connectivity index (χ0) is 27.4. The number of aliphatic carboxylic acids is 2. The summed E-state index contributed by atoms with van der Waals surface area (Å²) in [4.78, 5) is 60.3. The topological polar surface area (TPSA) is 208 Å². The van der Waals surface area contributed by atoms with E-state index < -0.39 is 60.2 Å². The summed E-state index contributed by atoms with van der Waals surface area (Å²) in [7, 11) is 0. The summed E-state index contributed by atoms with van der Waals surface area (Å²) in [5.74, 6) is -4.86. The van der Waals surface area contributed by atoms with Gasteiger partial charge in [0.1, 0.15) is 23.9 Å². The lowest BCUT2D eigenvalue weighted by Gasteiger charge is -2.25. The van der Waals surface area contributed by atoms with E-state index in [1.54, 1.807) is 12.1 Å². The number of carboxylic acids is 2. The van der Waals surface area contributed by atoms with Crippen LogP contribution in [0.5, 0.6) is 5.75 Å². The fourth-order valence-electron chi connectivity index (χ4n) is 3.22. The van der Waals surface area contributed by atoms with E-state index in [1.165, 1.54) is 12.1 Å². The molecular formula is C23H34N4O8S. The van der Waals surface area contributed by atoms with Crippen molar-refractivity contribution in [2.45, 2.75) is 63.7 Å². The van der Waals surface area contributed by atoms with Crippen molar-refractivity contribution >= 4 is 42.3 Å². The second kappa shape index (κ2) is 14.9. The van der Waals surface area contributed by atoms with Crippen molar-refractivity contribution in [2.75, 3.05) is 5.75 Å². The molecule has 0 aliphatic carbocycles. The first-order valence-electron chi connectivity index (χ1n) is 11.3. The Morgan fingerprint density at radius 2 is 1.42 bits per heavy atom. The Labute approximate surface area is 214 Å². The van der Waals surface area contributed by atoms with Gasteiger partial charge in [0.25, 0.3) is 0 Å². The van der Waals surface area contributed by atoms with Gasteiger partial charge in [-0.2, -0.15) is 12.6 Å². The molecule has 1 aromatic carbocycles. The lowest BCUT2D eigenvalue weighted by molar-refractivity contribution is -0.143. The third-order valence-electron chi connectivity index (χ3n) is 5.15. The maximum absolute atomic E-state index is 12.9. The number of carbonyl (C=O) groups excluding carboxylic acids is 3. The lowest BCUT2D eigenvalue weighted by atomic mass is 10.0. The van der Waals surface area contributed by atoms with Crippen molar-refractivity contribution < 1.29 is 39.3 Å². The standard InChI is InChI=1S/C23H34N4O8S/c1-12(2)9-17(26-20(31)15(24)10-13-3-5-14(28)6-4-13)21(32)27-18(11-36)22(33)25-16(23(34)35)7-8-19(29)30/h3-6,12,15-18,28,36H,7-11,24H2,1-2H3,(H,25,33)(H,26,31)(H,27,32)(H,29,30)(H,34,35). The van der Waals surface area contributed by atoms with E-state index in [9.17, 15) is 34.2 Å². The molecule has 0 spiro atoms. The molecule has 12 nitrogen and oxygen atoms in total. The van der Waals surface area contributed by atoms with E-state index in [0.717, 1.165) is 0 Å². The fourth-order valence-corrected chi connectivity index (χ4v) is 3.48. The molecule has 4 atom stereocenters. The van der Waals surface area contributed by atoms with E-state index >= 15 is 0 Å². The summed E-state index contributed by atoms with van der Waals surface area (Å²) < 4.78 is 0. The Morgan fingerprint density at radius 1 is 0.889 bits per heavy atom. The van der Waals surface area contributed by atoms with Gasteiger partial charge in [-0.25, -0.2) is 4.79 Å². The van der Waals surface area contributed by atoms with Gasteiger partial charge < -0.3 is 37.0 Å². The van der Waals surface area contributed by atoms with Crippen molar-refractivity contribution in [1.29, 1.82) is 0 Å². The predicted molar refractivity (Wildman–Crippen MR) is 133 cm³/mol. The number of hydrogen-bond acceptors (Lipinski definition) is 8. The third-order valence-corrected chi connectivity index (χ3v) is 5.51. The lowest BCUT2D eigenvalue weighted by Crippen LogP contribution is -2.58. The molecule has 0 fully saturated rings. The Kier molecular flexibility index (Phi) is 12.7. The molecule has 36 heavy (non-hydrogen) atoms. The molecule has 0 saturated carbocycles. The SMILES string of the molecule is CC(C)CC(NC(=O)C(N)Cc1ccc(O)cc1)C(=O)NC(CS)C(=O)NC(CCC(=O)O)C(=O)O. The van der Waals surface area contributed by atoms with Crippen molar-refractivity contribution in [3.05, 3.63) is 29.8 Å². The highest BCUT2D eigenvalue weighted by atomic mass is 32.1. The number of carboxylic acid groups (broad SMARTS) is 2. The molecule has 8 N–H and O–H groups in total. The minimum Gasteiger partial charge on any atom is -0.508 e. The van der Waals surface area contributed by atoms with Crippen LogP contribution >= 0.6 is 12.6 Å². The summed E-state index contributed by atoms with van der Waals surface area (Å²) in [6.45, 7) is 3.68. The Morgan fingerprint density at radius 3 is 1.92 bits per heavy atom. The first-order valence-corrected chi connectivity index (χ1v) is 12.0. The molecule has 0 radical (unpaired) electrons. The molecule has 0 saturated heterocycles. The highest BCUT2D eigenvalue weighted by Crippen LogP contribution is 2.12. The van der Waals surface area contributed by atoms with Crippen LogP contribution in [0.3, 0.4) is 0 Å². The maximum atomic E-state index is 12.9. The van der Waals surface area contributed by atoms with Gasteiger partial charge >= 0.3 is 11.9 Å². The smallest absolute Gasteiger partial charge is 0.326 e. The molecular weight excluding hydrogens is 492 g/mol. The van der Waals surface area contributed by atoms with Gasteiger partial charge in [0.05, 0.1) is 6.04 Å². The fraction of sp³-hybridized carbons (Fsp3) is 0.522. The maximum Gasteiger partial charge on any atom is 0.326 e. The van der Waals surface area contributed by atoms with Gasteiger partial charge in [0.15, 0.2) is 0 Å². The molecule has 0 aromatic heterocycles. The Hall–Kier alpha value is -3.32. The van der Waals surface area contributed by atoms with Gasteiger partial charge in [0, 0.05) is 12.2 Å². The van der Waals surface area contributed by atoms with Gasteiger partial charge in [0.2, 0.25) is 17.7 Å². The monoisotopic (exact) mass is 526 g/mol. The summed E-state index contributed by atoms with van der Waals surface area (Å²) in [5, 5.41) is 34.6. The summed E-state index contributed by atoms with van der Waals surface area (Å²) >= 11 is 4.05. The van der Waals surface area contributed by atoms with Crippen LogP contribution in [0.2, 0.25) is 0 Å². The number of amides is 3. The molecule has 3 amide bonds. The van der Waals surface area contributed by atoms with Crippen LogP contribution in [0.4, 0.5) is 0 Å². The number of phenolic OH excluding ortho intramolecular Hbond substituents is 1. The van der Waals surface area contributed by atoms with Crippen molar-refractivity contribution in [3.63, 3.8) is 0 Å². The molecule has 1 rings (SSSR count). The highest BCUT2D eigenvalue weighted by Gasteiger charge is 2.30. The number of phenols is 1. The van der Waals surface area contributed by atoms with Crippen LogP contribution in [0.25, 0.3) is 0 Å². The average molecular weight is 527 g/mol. The van der Waals surface area contributed by atoms with Crippen molar-refractivity contribution in [3.8, 4) is 5.75 Å². The number of aromatic hydroxyl groups is 1. The number of nitrogens with one attached hydrogen (secondary N) is 3. The molecule has 1 aromatic rings. The zero-order valence-corrected chi connectivity index (χ0v) is 21.0. The van der Waals surface area contributed by atoms with E-state index in [0.29, 0.717) is 5.56 Å². The number of thiol groups is 1. The van der Waals surface area contributed by atoms with E-state index in [-0.39, 0.29) is 36.7 Å². The summed E-state index contributed by atoms with van der Waals surface area (Å²) in [6.07, 6.45) is -0.409. The summed E-state index contributed by atoms with van der Waals surface area (Å²) in [5.41, 5.74) is 6.71. The average Bonchev–Trinajstić information content (AvgIpc) is 2.80. The number of nitrogens with two attached hydrogens (primary N) is 1. The summed E-state index contributed by atoms with van der Waals surface area (Å²) in [6, 6.07) is 1.48. The number of hydrogen-bond donors (Lipinski definition) is 8. The van der Waals surface area contributed by atoms with E-state index in [4.69, 9.17) is 10.8 Å². The highest BCUT2D eigenvalue weighted by molar-refractivity contribution is 7.80. The van der Waals surface area contributed by atoms with Crippen LogP contribution in [0, 0.1) is 5.92 Å². The van der Waals surface area contributed by atoms with Crippen LogP contribution in [0.1, 0.15) is 38.7 Å². The number of rotatable bonds is 15.